The van der Waals surface area contributed by atoms with Crippen molar-refractivity contribution < 1.29 is 9.59 Å². The van der Waals surface area contributed by atoms with E-state index in [0.29, 0.717) is 13.1 Å². The van der Waals surface area contributed by atoms with Crippen LogP contribution < -0.4 is 5.32 Å². The van der Waals surface area contributed by atoms with Crippen LogP contribution in [0.4, 0.5) is 4.79 Å². The van der Waals surface area contributed by atoms with Crippen LogP contribution in [-0.4, -0.2) is 51.2 Å². The molecule has 0 bridgehead atoms. The van der Waals surface area contributed by atoms with Gasteiger partial charge in [0, 0.05) is 31.1 Å². The van der Waals surface area contributed by atoms with Crippen molar-refractivity contribution in [2.45, 2.75) is 27.3 Å². The highest BCUT2D eigenvalue weighted by atomic mass is 32.2. The minimum Gasteiger partial charge on any atom is -0.354 e. The van der Waals surface area contributed by atoms with Crippen molar-refractivity contribution in [1.82, 2.24) is 20.0 Å². The lowest BCUT2D eigenvalue weighted by Crippen LogP contribution is -2.39. The molecule has 2 amide bonds. The van der Waals surface area contributed by atoms with Crippen LogP contribution in [0.5, 0.6) is 0 Å². The molecule has 1 atom stereocenters. The number of amides is 2. The molecule has 0 aromatic carbocycles. The maximum atomic E-state index is 11.8. The quantitative estimate of drug-likeness (QED) is 0.863. The first-order valence-electron chi connectivity index (χ1n) is 7.15. The molecule has 0 radical (unpaired) electrons. The van der Waals surface area contributed by atoms with E-state index >= 15 is 0 Å². The standard InChI is InChI=1S/C14H22N4O2S/c1-10(8-18-12(3)6-11(2)16-18)7-15-13(19)9-17-4-5-21-14(17)20/h6,10H,4-5,7-9H2,1-3H3,(H,15,19)/t10-/m1/s1. The summed E-state index contributed by atoms with van der Waals surface area (Å²) in [5.74, 6) is 0.974. The maximum absolute atomic E-state index is 11.8. The molecule has 1 aliphatic heterocycles. The van der Waals surface area contributed by atoms with Crippen molar-refractivity contribution in [2.24, 2.45) is 5.92 Å². The van der Waals surface area contributed by atoms with Crippen molar-refractivity contribution in [2.75, 3.05) is 25.4 Å². The molecule has 0 aliphatic carbocycles. The van der Waals surface area contributed by atoms with E-state index in [1.807, 2.05) is 24.6 Å². The summed E-state index contributed by atoms with van der Waals surface area (Å²) >= 11 is 1.27. The summed E-state index contributed by atoms with van der Waals surface area (Å²) in [6, 6.07) is 2.04. The van der Waals surface area contributed by atoms with Crippen LogP contribution in [0.1, 0.15) is 18.3 Å². The van der Waals surface area contributed by atoms with Crippen LogP contribution in [-0.2, 0) is 11.3 Å². The third-order valence-corrected chi connectivity index (χ3v) is 4.31. The van der Waals surface area contributed by atoms with Crippen LogP contribution in [0.2, 0.25) is 0 Å². The van der Waals surface area contributed by atoms with Crippen molar-refractivity contribution in [3.63, 3.8) is 0 Å². The lowest BCUT2D eigenvalue weighted by atomic mass is 10.2. The predicted octanol–water partition coefficient (Wildman–Crippen LogP) is 1.42. The lowest BCUT2D eigenvalue weighted by molar-refractivity contribution is -0.121. The van der Waals surface area contributed by atoms with E-state index in [2.05, 4.69) is 17.3 Å². The second kappa shape index (κ2) is 6.98. The second-order valence-electron chi connectivity index (χ2n) is 5.55. The van der Waals surface area contributed by atoms with E-state index in [1.165, 1.54) is 11.8 Å². The highest BCUT2D eigenvalue weighted by Crippen LogP contribution is 2.16. The Kier molecular flexibility index (Phi) is 5.27. The van der Waals surface area contributed by atoms with Gasteiger partial charge in [-0.3, -0.25) is 14.3 Å². The number of nitrogens with zero attached hydrogens (tertiary/aromatic N) is 3. The number of carbonyl (C=O) groups excluding carboxylic acids is 2. The molecule has 1 N–H and O–H groups in total. The normalized spacial score (nSPS) is 16.3. The van der Waals surface area contributed by atoms with Gasteiger partial charge in [0.15, 0.2) is 0 Å². The van der Waals surface area contributed by atoms with Crippen LogP contribution in [0.25, 0.3) is 0 Å². The Bertz CT molecular complexity index is 529. The molecule has 0 unspecified atom stereocenters. The number of nitrogens with one attached hydrogen (secondary N) is 1. The highest BCUT2D eigenvalue weighted by Gasteiger charge is 2.23. The van der Waals surface area contributed by atoms with Gasteiger partial charge in [-0.15, -0.1) is 0 Å². The molecule has 1 aromatic rings. The van der Waals surface area contributed by atoms with Crippen molar-refractivity contribution in [3.05, 3.63) is 17.5 Å². The zero-order valence-corrected chi connectivity index (χ0v) is 13.6. The number of rotatable bonds is 6. The van der Waals surface area contributed by atoms with E-state index in [9.17, 15) is 9.59 Å². The minimum atomic E-state index is -0.0916. The topological polar surface area (TPSA) is 67.2 Å². The summed E-state index contributed by atoms with van der Waals surface area (Å²) in [7, 11) is 0. The van der Waals surface area contributed by atoms with E-state index < -0.39 is 0 Å². The van der Waals surface area contributed by atoms with Crippen LogP contribution >= 0.6 is 11.8 Å². The summed E-state index contributed by atoms with van der Waals surface area (Å²) < 4.78 is 1.97. The maximum Gasteiger partial charge on any atom is 0.282 e. The molecule has 2 rings (SSSR count). The Balaban J connectivity index is 1.73. The number of hydrogen-bond acceptors (Lipinski definition) is 4. The summed E-state index contributed by atoms with van der Waals surface area (Å²) in [5, 5.41) is 7.31. The van der Waals surface area contributed by atoms with Crippen molar-refractivity contribution in [1.29, 1.82) is 0 Å². The molecule has 1 fully saturated rings. The molecule has 1 aromatic heterocycles. The zero-order chi connectivity index (χ0) is 15.4. The molecule has 1 saturated heterocycles. The Labute approximate surface area is 129 Å². The van der Waals surface area contributed by atoms with Gasteiger partial charge in [0.1, 0.15) is 6.54 Å². The number of aromatic nitrogens is 2. The summed E-state index contributed by atoms with van der Waals surface area (Å²) in [5.41, 5.74) is 2.14. The van der Waals surface area contributed by atoms with Crippen LogP contribution in [0, 0.1) is 19.8 Å². The molecule has 0 spiro atoms. The van der Waals surface area contributed by atoms with Gasteiger partial charge < -0.3 is 10.2 Å². The Morgan fingerprint density at radius 1 is 1.52 bits per heavy atom. The molecule has 6 nitrogen and oxygen atoms in total. The molecule has 2 heterocycles. The molecule has 21 heavy (non-hydrogen) atoms. The number of carbonyl (C=O) groups is 2. The fourth-order valence-electron chi connectivity index (χ4n) is 2.31. The van der Waals surface area contributed by atoms with Gasteiger partial charge in [-0.1, -0.05) is 18.7 Å². The molecule has 0 saturated carbocycles. The van der Waals surface area contributed by atoms with Gasteiger partial charge in [-0.2, -0.15) is 5.10 Å². The first-order chi connectivity index (χ1) is 9.95. The smallest absolute Gasteiger partial charge is 0.282 e. The van der Waals surface area contributed by atoms with Crippen LogP contribution in [0.3, 0.4) is 0 Å². The Morgan fingerprint density at radius 2 is 2.29 bits per heavy atom. The largest absolute Gasteiger partial charge is 0.354 e. The van der Waals surface area contributed by atoms with Gasteiger partial charge in [-0.05, 0) is 25.8 Å². The fourth-order valence-corrected chi connectivity index (χ4v) is 3.13. The SMILES string of the molecule is Cc1cc(C)n(C[C@H](C)CNC(=O)CN2CCSC2=O)n1. The first-order valence-corrected chi connectivity index (χ1v) is 8.13. The molecular weight excluding hydrogens is 288 g/mol. The molecule has 7 heteroatoms. The fraction of sp³-hybridized carbons (Fsp3) is 0.643. The zero-order valence-electron chi connectivity index (χ0n) is 12.8. The van der Waals surface area contributed by atoms with Gasteiger partial charge in [0.05, 0.1) is 5.69 Å². The minimum absolute atomic E-state index is 0.000777. The van der Waals surface area contributed by atoms with E-state index in [0.717, 1.165) is 23.7 Å². The van der Waals surface area contributed by atoms with Crippen LogP contribution in [0.15, 0.2) is 6.07 Å². The monoisotopic (exact) mass is 310 g/mol. The summed E-state index contributed by atoms with van der Waals surface area (Å²) in [6.45, 7) is 8.28. The average molecular weight is 310 g/mol. The third-order valence-electron chi connectivity index (χ3n) is 3.42. The molecule has 116 valence electrons. The van der Waals surface area contributed by atoms with Gasteiger partial charge in [0.25, 0.3) is 5.24 Å². The Morgan fingerprint density at radius 3 is 2.86 bits per heavy atom. The highest BCUT2D eigenvalue weighted by molar-refractivity contribution is 8.13. The van der Waals surface area contributed by atoms with Gasteiger partial charge in [-0.25, -0.2) is 0 Å². The first kappa shape index (κ1) is 15.9. The summed E-state index contributed by atoms with van der Waals surface area (Å²) in [6.07, 6.45) is 0. The van der Waals surface area contributed by atoms with Gasteiger partial charge in [0.2, 0.25) is 5.91 Å². The summed E-state index contributed by atoms with van der Waals surface area (Å²) in [4.78, 5) is 24.9. The second-order valence-corrected chi connectivity index (χ2v) is 6.60. The number of thioether (sulfide) groups is 1. The van der Waals surface area contributed by atoms with Crippen molar-refractivity contribution in [3.8, 4) is 0 Å². The predicted molar refractivity (Wildman–Crippen MR) is 83.3 cm³/mol. The van der Waals surface area contributed by atoms with E-state index in [4.69, 9.17) is 0 Å². The van der Waals surface area contributed by atoms with Crippen molar-refractivity contribution >= 4 is 22.9 Å². The number of hydrogen-bond donors (Lipinski definition) is 1. The van der Waals surface area contributed by atoms with Gasteiger partial charge >= 0.3 is 0 Å². The van der Waals surface area contributed by atoms with E-state index in [1.54, 1.807) is 4.90 Å². The lowest BCUT2D eigenvalue weighted by Gasteiger charge is -2.17. The Hall–Kier alpha value is -1.50. The third kappa shape index (κ3) is 4.49. The molecule has 1 aliphatic rings. The average Bonchev–Trinajstić information content (AvgIpc) is 2.94. The number of aryl methyl sites for hydroxylation is 2. The van der Waals surface area contributed by atoms with E-state index in [-0.39, 0.29) is 23.6 Å². The molecular formula is C14H22N4O2S.